The minimum atomic E-state index is -0.523. The van der Waals surface area contributed by atoms with E-state index in [1.54, 1.807) is 0 Å². The predicted octanol–water partition coefficient (Wildman–Crippen LogP) is -1.08. The standard InChI is InChI=1S/C5H13N3O2S/c1-10-2-4(9)3-11-5(6)8-7/h4,9H,2-3,7H2,1H3,(H2,6,8). The molecule has 0 aliphatic carbocycles. The number of methoxy groups -OCH3 is 1. The van der Waals surface area contributed by atoms with Gasteiger partial charge in [-0.25, -0.2) is 0 Å². The van der Waals surface area contributed by atoms with Gasteiger partial charge in [0.1, 0.15) is 0 Å². The number of nitrogens with zero attached hydrogens (tertiary/aromatic N) is 1. The molecular formula is C5H13N3O2S. The van der Waals surface area contributed by atoms with Gasteiger partial charge >= 0.3 is 0 Å². The van der Waals surface area contributed by atoms with Crippen molar-refractivity contribution in [2.75, 3.05) is 19.5 Å². The highest BCUT2D eigenvalue weighted by atomic mass is 32.2. The highest BCUT2D eigenvalue weighted by Gasteiger charge is 2.04. The number of aliphatic hydroxyl groups excluding tert-OH is 1. The molecule has 0 saturated carbocycles. The van der Waals surface area contributed by atoms with Gasteiger partial charge in [-0.05, 0) is 0 Å². The smallest absolute Gasteiger partial charge is 0.177 e. The van der Waals surface area contributed by atoms with Crippen LogP contribution in [0.3, 0.4) is 0 Å². The van der Waals surface area contributed by atoms with Crippen molar-refractivity contribution in [1.82, 2.24) is 0 Å². The van der Waals surface area contributed by atoms with E-state index < -0.39 is 6.10 Å². The van der Waals surface area contributed by atoms with Crippen LogP contribution in [0.15, 0.2) is 5.10 Å². The molecule has 11 heavy (non-hydrogen) atoms. The van der Waals surface area contributed by atoms with Crippen LogP contribution >= 0.6 is 11.8 Å². The Balaban J connectivity index is 3.37. The fourth-order valence-electron chi connectivity index (χ4n) is 0.459. The Morgan fingerprint density at radius 2 is 2.45 bits per heavy atom. The third-order valence-corrected chi connectivity index (χ3v) is 1.86. The molecule has 0 aliphatic heterocycles. The molecule has 0 heterocycles. The van der Waals surface area contributed by atoms with Crippen molar-refractivity contribution >= 4 is 16.9 Å². The summed E-state index contributed by atoms with van der Waals surface area (Å²) in [4.78, 5) is 0. The molecule has 66 valence electrons. The van der Waals surface area contributed by atoms with Gasteiger partial charge in [-0.2, -0.15) is 5.10 Å². The highest BCUT2D eigenvalue weighted by Crippen LogP contribution is 2.01. The molecule has 5 nitrogen and oxygen atoms in total. The average molecular weight is 179 g/mol. The number of thioether (sulfide) groups is 1. The first-order valence-corrected chi connectivity index (χ1v) is 4.02. The Morgan fingerprint density at radius 3 is 2.91 bits per heavy atom. The van der Waals surface area contributed by atoms with Crippen LogP contribution in [-0.4, -0.2) is 35.8 Å². The van der Waals surface area contributed by atoms with Gasteiger partial charge < -0.3 is 21.4 Å². The monoisotopic (exact) mass is 179 g/mol. The van der Waals surface area contributed by atoms with Gasteiger partial charge in [0.25, 0.3) is 0 Å². The second kappa shape index (κ2) is 6.26. The molecule has 1 atom stereocenters. The summed E-state index contributed by atoms with van der Waals surface area (Å²) in [6, 6.07) is 0. The lowest BCUT2D eigenvalue weighted by Crippen LogP contribution is -2.20. The minimum absolute atomic E-state index is 0.264. The maximum atomic E-state index is 9.10. The predicted molar refractivity (Wildman–Crippen MR) is 46.2 cm³/mol. The van der Waals surface area contributed by atoms with Crippen LogP contribution in [0.1, 0.15) is 0 Å². The minimum Gasteiger partial charge on any atom is -0.390 e. The number of nitrogens with two attached hydrogens (primary N) is 2. The van der Waals surface area contributed by atoms with E-state index in [4.69, 9.17) is 21.4 Å². The first-order chi connectivity index (χ1) is 5.20. The second-order valence-electron chi connectivity index (χ2n) is 1.89. The molecule has 5 N–H and O–H groups in total. The SMILES string of the molecule is COCC(O)CSC(N)=NN. The number of hydrazone groups is 1. The van der Waals surface area contributed by atoms with E-state index in [0.717, 1.165) is 0 Å². The molecule has 1 unspecified atom stereocenters. The zero-order chi connectivity index (χ0) is 8.69. The van der Waals surface area contributed by atoms with Crippen molar-refractivity contribution in [3.05, 3.63) is 0 Å². The maximum absolute atomic E-state index is 9.10. The van der Waals surface area contributed by atoms with Crippen molar-refractivity contribution in [3.8, 4) is 0 Å². The molecule has 0 radical (unpaired) electrons. The van der Waals surface area contributed by atoms with Crippen LogP contribution in [0.4, 0.5) is 0 Å². The quantitative estimate of drug-likeness (QED) is 0.221. The molecule has 0 aromatic rings. The van der Waals surface area contributed by atoms with E-state index in [1.165, 1.54) is 18.9 Å². The van der Waals surface area contributed by atoms with Crippen LogP contribution < -0.4 is 11.6 Å². The number of amidine groups is 1. The highest BCUT2D eigenvalue weighted by molar-refractivity contribution is 8.13. The van der Waals surface area contributed by atoms with Crippen molar-refractivity contribution < 1.29 is 9.84 Å². The largest absolute Gasteiger partial charge is 0.390 e. The number of rotatable bonds is 4. The van der Waals surface area contributed by atoms with Crippen molar-refractivity contribution in [2.45, 2.75) is 6.10 Å². The molecule has 6 heteroatoms. The Bertz CT molecular complexity index is 131. The van der Waals surface area contributed by atoms with Gasteiger partial charge in [-0.3, -0.25) is 0 Å². The molecule has 0 fully saturated rings. The summed E-state index contributed by atoms with van der Waals surface area (Å²) in [5, 5.41) is 12.6. The summed E-state index contributed by atoms with van der Waals surface area (Å²) >= 11 is 1.20. The molecule has 0 aromatic carbocycles. The number of ether oxygens (including phenoxy) is 1. The molecule has 0 spiro atoms. The fourth-order valence-corrected chi connectivity index (χ4v) is 0.993. The van der Waals surface area contributed by atoms with Crippen LogP contribution in [-0.2, 0) is 4.74 Å². The van der Waals surface area contributed by atoms with Gasteiger partial charge in [0.05, 0.1) is 12.7 Å². The second-order valence-corrected chi connectivity index (χ2v) is 2.93. The zero-order valence-electron chi connectivity index (χ0n) is 6.36. The van der Waals surface area contributed by atoms with Crippen molar-refractivity contribution in [3.63, 3.8) is 0 Å². The van der Waals surface area contributed by atoms with E-state index in [9.17, 15) is 0 Å². The van der Waals surface area contributed by atoms with E-state index in [1.807, 2.05) is 0 Å². The number of hydrogen-bond donors (Lipinski definition) is 3. The van der Waals surface area contributed by atoms with Gasteiger partial charge in [-0.1, -0.05) is 11.8 Å². The Hall–Kier alpha value is -0.460. The lowest BCUT2D eigenvalue weighted by Gasteiger charge is -2.06. The summed E-state index contributed by atoms with van der Waals surface area (Å²) in [5.74, 6) is 5.31. The third-order valence-electron chi connectivity index (χ3n) is 0.910. The molecule has 0 saturated heterocycles. The van der Waals surface area contributed by atoms with Gasteiger partial charge in [0, 0.05) is 12.9 Å². The first-order valence-electron chi connectivity index (χ1n) is 3.03. The summed E-state index contributed by atoms with van der Waals surface area (Å²) in [6.45, 7) is 0.296. The van der Waals surface area contributed by atoms with Crippen molar-refractivity contribution in [1.29, 1.82) is 0 Å². The Kier molecular flexibility index (Phi) is 6.00. The lowest BCUT2D eigenvalue weighted by molar-refractivity contribution is 0.0795. The van der Waals surface area contributed by atoms with Crippen molar-refractivity contribution in [2.24, 2.45) is 16.7 Å². The first kappa shape index (κ1) is 10.5. The Labute approximate surface area is 69.8 Å². The summed E-state index contributed by atoms with van der Waals surface area (Å²) in [6.07, 6.45) is -0.523. The fraction of sp³-hybridized carbons (Fsp3) is 0.800. The molecule has 0 aromatic heterocycles. The summed E-state index contributed by atoms with van der Waals surface area (Å²) < 4.78 is 4.69. The third kappa shape index (κ3) is 5.96. The van der Waals surface area contributed by atoms with Gasteiger partial charge in [0.15, 0.2) is 5.17 Å². The van der Waals surface area contributed by atoms with Crippen LogP contribution in [0.25, 0.3) is 0 Å². The van der Waals surface area contributed by atoms with Gasteiger partial charge in [0.2, 0.25) is 0 Å². The topological polar surface area (TPSA) is 93.9 Å². The van der Waals surface area contributed by atoms with Crippen LogP contribution in [0.2, 0.25) is 0 Å². The molecule has 0 aliphatic rings. The molecule has 0 amide bonds. The summed E-state index contributed by atoms with van der Waals surface area (Å²) in [5.41, 5.74) is 5.25. The molecule has 0 bridgehead atoms. The van der Waals surface area contributed by atoms with Gasteiger partial charge in [-0.15, -0.1) is 0 Å². The normalized spacial score (nSPS) is 14.9. The van der Waals surface area contributed by atoms with E-state index in [-0.39, 0.29) is 5.17 Å². The lowest BCUT2D eigenvalue weighted by atomic mass is 10.4. The van der Waals surface area contributed by atoms with Crippen LogP contribution in [0.5, 0.6) is 0 Å². The van der Waals surface area contributed by atoms with E-state index in [0.29, 0.717) is 12.4 Å². The Morgan fingerprint density at radius 1 is 1.82 bits per heavy atom. The van der Waals surface area contributed by atoms with E-state index in [2.05, 4.69) is 5.10 Å². The average Bonchev–Trinajstić information content (AvgIpc) is 2.01. The van der Waals surface area contributed by atoms with E-state index >= 15 is 0 Å². The number of aliphatic hydroxyl groups is 1. The molecular weight excluding hydrogens is 166 g/mol. The zero-order valence-corrected chi connectivity index (χ0v) is 7.17. The van der Waals surface area contributed by atoms with Crippen LogP contribution in [0, 0.1) is 0 Å². The number of hydrogen-bond acceptors (Lipinski definition) is 5. The maximum Gasteiger partial charge on any atom is 0.177 e. The molecule has 0 rings (SSSR count). The summed E-state index contributed by atoms with van der Waals surface area (Å²) in [7, 11) is 1.52.